The van der Waals surface area contributed by atoms with Crippen LogP contribution >= 0.6 is 15.9 Å². The molecular weight excluding hydrogens is 604 g/mol. The van der Waals surface area contributed by atoms with Crippen molar-refractivity contribution in [1.29, 1.82) is 0 Å². The molecule has 4 bridgehead atoms. The first-order chi connectivity index (χ1) is 20.2. The van der Waals surface area contributed by atoms with E-state index in [2.05, 4.69) is 28.1 Å². The number of halogens is 1. The lowest BCUT2D eigenvalue weighted by atomic mass is 9.85. The monoisotopic (exact) mass is 634 g/mol. The van der Waals surface area contributed by atoms with E-state index in [0.717, 1.165) is 22.2 Å². The van der Waals surface area contributed by atoms with E-state index in [4.69, 9.17) is 4.74 Å². The second-order valence-corrected chi connectivity index (χ2v) is 13.3. The highest BCUT2D eigenvalue weighted by Crippen LogP contribution is 2.54. The molecule has 2 saturated heterocycles. The number of fused-ring (bicyclic) bond motifs is 10. The molecule has 1 aromatic rings. The maximum absolute atomic E-state index is 13.5. The van der Waals surface area contributed by atoms with Crippen LogP contribution in [0.15, 0.2) is 53.0 Å². The number of allylic oxidation sites excluding steroid dienone is 4. The number of carbonyl (C=O) groups is 6. The van der Waals surface area contributed by atoms with Gasteiger partial charge >= 0.3 is 5.97 Å². The van der Waals surface area contributed by atoms with Crippen LogP contribution in [0.25, 0.3) is 0 Å². The van der Waals surface area contributed by atoms with Gasteiger partial charge in [0.1, 0.15) is 6.04 Å². The van der Waals surface area contributed by atoms with Crippen LogP contribution in [-0.4, -0.2) is 64.4 Å². The number of ketones is 1. The maximum atomic E-state index is 13.5. The van der Waals surface area contributed by atoms with Gasteiger partial charge in [0.05, 0.1) is 23.7 Å². The number of unbranched alkanes of at least 4 members (excludes halogenated alkanes) is 1. The van der Waals surface area contributed by atoms with Crippen molar-refractivity contribution in [2.75, 3.05) is 13.2 Å². The van der Waals surface area contributed by atoms with Crippen molar-refractivity contribution in [2.45, 2.75) is 38.1 Å². The Morgan fingerprint density at radius 2 is 1.26 bits per heavy atom. The van der Waals surface area contributed by atoms with Crippen LogP contribution in [0.3, 0.4) is 0 Å². The van der Waals surface area contributed by atoms with Gasteiger partial charge in [-0.3, -0.25) is 33.8 Å². The lowest BCUT2D eigenvalue weighted by Crippen LogP contribution is -2.47. The van der Waals surface area contributed by atoms with Crippen LogP contribution in [0.5, 0.6) is 0 Å². The number of benzene rings is 1. The van der Waals surface area contributed by atoms with Gasteiger partial charge in [0.15, 0.2) is 12.4 Å². The summed E-state index contributed by atoms with van der Waals surface area (Å²) >= 11 is 3.32. The van der Waals surface area contributed by atoms with E-state index in [0.29, 0.717) is 18.4 Å². The molecule has 2 saturated carbocycles. The van der Waals surface area contributed by atoms with Gasteiger partial charge in [-0.15, -0.1) is 0 Å². The molecule has 6 aliphatic rings. The van der Waals surface area contributed by atoms with Gasteiger partial charge in [0.25, 0.3) is 0 Å². The van der Waals surface area contributed by atoms with Gasteiger partial charge in [0.2, 0.25) is 23.6 Å². The van der Waals surface area contributed by atoms with E-state index in [1.165, 1.54) is 4.90 Å². The fourth-order valence-electron chi connectivity index (χ4n) is 8.33. The minimum absolute atomic E-state index is 0.00599. The average Bonchev–Trinajstić information content (AvgIpc) is 3.83. The number of rotatable bonds is 10. The molecule has 0 N–H and O–H groups in total. The normalized spacial score (nSPS) is 34.1. The molecule has 4 aliphatic carbocycles. The number of hydrogen-bond acceptors (Lipinski definition) is 7. The molecular formula is C32H31BrN2O7. The Balaban J connectivity index is 1.02. The molecule has 10 heteroatoms. The first kappa shape index (κ1) is 27.4. The van der Waals surface area contributed by atoms with Crippen molar-refractivity contribution < 1.29 is 33.5 Å². The van der Waals surface area contributed by atoms with Crippen molar-refractivity contribution >= 4 is 51.3 Å². The predicted octanol–water partition coefficient (Wildman–Crippen LogP) is 3.33. The lowest BCUT2D eigenvalue weighted by Gasteiger charge is -2.26. The van der Waals surface area contributed by atoms with Crippen molar-refractivity contribution in [3.05, 3.63) is 58.6 Å². The van der Waals surface area contributed by atoms with E-state index in [1.807, 2.05) is 12.2 Å². The summed E-state index contributed by atoms with van der Waals surface area (Å²) in [5, 5.41) is 0. The molecule has 2 heterocycles. The van der Waals surface area contributed by atoms with E-state index in [1.54, 1.807) is 24.3 Å². The van der Waals surface area contributed by atoms with Crippen LogP contribution in [0.4, 0.5) is 0 Å². The zero-order valence-corrected chi connectivity index (χ0v) is 24.5. The summed E-state index contributed by atoms with van der Waals surface area (Å²) in [5.74, 6) is -3.34. The Hall–Kier alpha value is -3.40. The molecule has 0 radical (unpaired) electrons. The van der Waals surface area contributed by atoms with Crippen molar-refractivity contribution in [2.24, 2.45) is 47.3 Å². The minimum atomic E-state index is -1.17. The Labute approximate surface area is 251 Å². The van der Waals surface area contributed by atoms with Gasteiger partial charge in [-0.05, 0) is 67.9 Å². The van der Waals surface area contributed by atoms with E-state index in [9.17, 15) is 28.8 Å². The number of amides is 4. The number of esters is 1. The molecule has 1 aromatic carbocycles. The first-order valence-electron chi connectivity index (χ1n) is 14.8. The Bertz CT molecular complexity index is 1390. The van der Waals surface area contributed by atoms with Crippen LogP contribution in [-0.2, 0) is 28.7 Å². The standard InChI is InChI=1S/C32H31BrN2O7/c33-21-10-8-16(9-11-21)23(36)15-42-32(41)22(35-30(39)26-19-6-7-20(14-19)27(26)31(35)40)3-1-2-12-34-28(37)24-17-4-5-18(13-17)25(24)29(34)38/h4-11,17-20,22,24-27H,1-3,12-15H2/t17-,18-,19-,20-,22+,24-,25+,26-,27+/m0/s1. The molecule has 7 rings (SSSR count). The second kappa shape index (κ2) is 10.4. The molecule has 0 aromatic heterocycles. The van der Waals surface area contributed by atoms with Gasteiger partial charge in [0, 0.05) is 16.6 Å². The number of carbonyl (C=O) groups excluding carboxylic acids is 6. The third kappa shape index (κ3) is 4.24. The zero-order valence-electron chi connectivity index (χ0n) is 22.9. The third-order valence-corrected chi connectivity index (χ3v) is 10.8. The summed E-state index contributed by atoms with van der Waals surface area (Å²) < 4.78 is 6.22. The molecule has 0 unspecified atom stereocenters. The van der Waals surface area contributed by atoms with E-state index in [-0.39, 0.29) is 72.1 Å². The minimum Gasteiger partial charge on any atom is -0.456 e. The molecule has 9 atom stereocenters. The number of hydrogen-bond donors (Lipinski definition) is 0. The summed E-state index contributed by atoms with van der Waals surface area (Å²) in [7, 11) is 0. The van der Waals surface area contributed by atoms with Crippen molar-refractivity contribution in [1.82, 2.24) is 9.80 Å². The second-order valence-electron chi connectivity index (χ2n) is 12.4. The molecule has 9 nitrogen and oxygen atoms in total. The van der Waals surface area contributed by atoms with Gasteiger partial charge < -0.3 is 4.74 Å². The van der Waals surface area contributed by atoms with Gasteiger partial charge in [-0.2, -0.15) is 0 Å². The van der Waals surface area contributed by atoms with Crippen molar-refractivity contribution in [3.8, 4) is 0 Å². The lowest BCUT2D eigenvalue weighted by molar-refractivity contribution is -0.159. The van der Waals surface area contributed by atoms with Crippen LogP contribution in [0, 0.1) is 47.3 Å². The Morgan fingerprint density at radius 1 is 0.762 bits per heavy atom. The highest BCUT2D eigenvalue weighted by atomic mass is 79.9. The number of likely N-dealkylation sites (tertiary alicyclic amines) is 2. The molecule has 4 fully saturated rings. The summed E-state index contributed by atoms with van der Waals surface area (Å²) in [5.41, 5.74) is 0.376. The van der Waals surface area contributed by atoms with Gasteiger partial charge in [-0.1, -0.05) is 52.4 Å². The van der Waals surface area contributed by atoms with Crippen LogP contribution < -0.4 is 0 Å². The quantitative estimate of drug-likeness (QED) is 0.127. The summed E-state index contributed by atoms with van der Waals surface area (Å²) in [6.45, 7) is -0.280. The molecule has 42 heavy (non-hydrogen) atoms. The van der Waals surface area contributed by atoms with E-state index < -0.39 is 36.2 Å². The topological polar surface area (TPSA) is 118 Å². The molecule has 4 amide bonds. The molecule has 218 valence electrons. The van der Waals surface area contributed by atoms with Crippen LogP contribution in [0.1, 0.15) is 42.5 Å². The average molecular weight is 636 g/mol. The highest BCUT2D eigenvalue weighted by molar-refractivity contribution is 9.10. The summed E-state index contributed by atoms with van der Waals surface area (Å²) in [6.07, 6.45) is 10.7. The van der Waals surface area contributed by atoms with Crippen LogP contribution in [0.2, 0.25) is 0 Å². The smallest absolute Gasteiger partial charge is 0.329 e. The largest absolute Gasteiger partial charge is 0.456 e. The number of imide groups is 2. The number of nitrogens with zero attached hydrogens (tertiary/aromatic N) is 2. The third-order valence-electron chi connectivity index (χ3n) is 10.3. The number of ether oxygens (including phenoxy) is 1. The van der Waals surface area contributed by atoms with Gasteiger partial charge in [-0.25, -0.2) is 4.79 Å². The molecule has 2 aliphatic heterocycles. The SMILES string of the molecule is O=C(COC(=O)[C@@H](CCCCN1C(=O)[C@@H]2[C@H](C1=O)[C@H]1C=C[C@H]2C1)N1C(=O)[C@@H]2[C@H](C1=O)[C@H]1C=C[C@H]2C1)c1ccc(Br)cc1. The predicted molar refractivity (Wildman–Crippen MR) is 151 cm³/mol. The van der Waals surface area contributed by atoms with Crippen molar-refractivity contribution in [3.63, 3.8) is 0 Å². The Morgan fingerprint density at radius 3 is 1.79 bits per heavy atom. The maximum Gasteiger partial charge on any atom is 0.329 e. The van der Waals surface area contributed by atoms with E-state index >= 15 is 0 Å². The Kier molecular flexibility index (Phi) is 6.79. The number of Topliss-reactive ketones (excluding diaryl/α,β-unsaturated/α-hetero) is 1. The first-order valence-corrected chi connectivity index (χ1v) is 15.6. The highest BCUT2D eigenvalue weighted by Gasteiger charge is 2.61. The molecule has 0 spiro atoms. The fraction of sp³-hybridized carbons (Fsp3) is 0.500. The zero-order chi connectivity index (χ0) is 29.3. The fourth-order valence-corrected chi connectivity index (χ4v) is 8.59. The summed E-state index contributed by atoms with van der Waals surface area (Å²) in [6, 6.07) is 5.49. The summed E-state index contributed by atoms with van der Waals surface area (Å²) in [4.78, 5) is 81.6.